The fraction of sp³-hybridized carbons (Fsp3) is 0.375. The Morgan fingerprint density at radius 3 is 2.48 bits per heavy atom. The molecule has 1 atom stereocenters. The Morgan fingerprint density at radius 2 is 1.71 bits per heavy atom. The SMILES string of the molecule is Cn1cc(-c2ccc(CC(=O)c3cc(NC(=O)CCCOc4cc5c(cc4CO)C(=O)N4CCCC[C@H]4C=N5)cn3C)cc2)cc1C(=O)CCCN. The molecule has 4 aromatic rings. The summed E-state index contributed by atoms with van der Waals surface area (Å²) in [5.41, 5.74) is 11.4. The summed E-state index contributed by atoms with van der Waals surface area (Å²) in [5, 5.41) is 12.9. The first kappa shape index (κ1) is 36.5. The van der Waals surface area contributed by atoms with Crippen molar-refractivity contribution < 1.29 is 29.0 Å². The molecule has 4 N–H and O–H groups in total. The zero-order chi connectivity index (χ0) is 36.8. The number of ketones is 2. The highest BCUT2D eigenvalue weighted by atomic mass is 16.5. The van der Waals surface area contributed by atoms with E-state index in [-0.39, 0.29) is 55.5 Å². The maximum Gasteiger partial charge on any atom is 0.256 e. The van der Waals surface area contributed by atoms with Gasteiger partial charge in [-0.2, -0.15) is 0 Å². The van der Waals surface area contributed by atoms with E-state index < -0.39 is 0 Å². The second-order valence-corrected chi connectivity index (χ2v) is 13.5. The quantitative estimate of drug-likeness (QED) is 0.111. The van der Waals surface area contributed by atoms with Gasteiger partial charge in [0, 0.05) is 75.7 Å². The molecule has 0 radical (unpaired) electrons. The largest absolute Gasteiger partial charge is 0.493 e. The Balaban J connectivity index is 0.996. The molecular formula is C40H46N6O6. The van der Waals surface area contributed by atoms with Crippen LogP contribution < -0.4 is 15.8 Å². The molecule has 2 aromatic carbocycles. The lowest BCUT2D eigenvalue weighted by molar-refractivity contribution is -0.116. The lowest BCUT2D eigenvalue weighted by atomic mass is 10.0. The fourth-order valence-electron chi connectivity index (χ4n) is 6.87. The molecule has 2 aliphatic rings. The molecule has 52 heavy (non-hydrogen) atoms. The van der Waals surface area contributed by atoms with Gasteiger partial charge in [0.2, 0.25) is 5.91 Å². The van der Waals surface area contributed by atoms with Gasteiger partial charge in [-0.15, -0.1) is 0 Å². The van der Waals surface area contributed by atoms with Crippen molar-refractivity contribution in [2.75, 3.05) is 25.0 Å². The third-order valence-corrected chi connectivity index (χ3v) is 9.71. The van der Waals surface area contributed by atoms with Gasteiger partial charge in [-0.3, -0.25) is 24.2 Å². The third-order valence-electron chi connectivity index (χ3n) is 9.71. The number of piperidine rings is 1. The maximum atomic E-state index is 13.2. The molecular weight excluding hydrogens is 660 g/mol. The van der Waals surface area contributed by atoms with Crippen molar-refractivity contribution in [3.8, 4) is 16.9 Å². The van der Waals surface area contributed by atoms with Crippen molar-refractivity contribution in [1.82, 2.24) is 14.0 Å². The molecule has 272 valence electrons. The number of nitrogens with two attached hydrogens (primary N) is 1. The number of carbonyl (C=O) groups is 4. The number of anilines is 1. The maximum absolute atomic E-state index is 13.2. The van der Waals surface area contributed by atoms with Gasteiger partial charge >= 0.3 is 0 Å². The number of aryl methyl sites for hydroxylation is 2. The van der Waals surface area contributed by atoms with E-state index in [9.17, 15) is 24.3 Å². The molecule has 0 unspecified atom stereocenters. The van der Waals surface area contributed by atoms with E-state index in [2.05, 4.69) is 10.3 Å². The molecule has 2 aromatic heterocycles. The number of amides is 2. The number of hydrogen-bond acceptors (Lipinski definition) is 8. The van der Waals surface area contributed by atoms with Gasteiger partial charge < -0.3 is 34.9 Å². The fourth-order valence-corrected chi connectivity index (χ4v) is 6.87. The minimum absolute atomic E-state index is 0.0210. The van der Waals surface area contributed by atoms with Crippen molar-refractivity contribution >= 4 is 41.0 Å². The van der Waals surface area contributed by atoms with Crippen LogP contribution in [0.3, 0.4) is 0 Å². The van der Waals surface area contributed by atoms with E-state index in [0.29, 0.717) is 72.0 Å². The molecule has 12 heteroatoms. The molecule has 6 rings (SSSR count). The lowest BCUT2D eigenvalue weighted by Gasteiger charge is -2.32. The number of aromatic nitrogens is 2. The highest BCUT2D eigenvalue weighted by Crippen LogP contribution is 2.34. The molecule has 0 spiro atoms. The predicted molar refractivity (Wildman–Crippen MR) is 199 cm³/mol. The summed E-state index contributed by atoms with van der Waals surface area (Å²) in [6.07, 6.45) is 10.2. The summed E-state index contributed by atoms with van der Waals surface area (Å²) < 4.78 is 9.49. The predicted octanol–water partition coefficient (Wildman–Crippen LogP) is 5.38. The number of nitrogens with one attached hydrogen (secondary N) is 1. The van der Waals surface area contributed by atoms with E-state index in [1.54, 1.807) is 36.0 Å². The molecule has 2 amide bonds. The Kier molecular flexibility index (Phi) is 11.5. The number of Topliss-reactive ketones (excluding diaryl/α,β-unsaturated/α-hetero) is 2. The van der Waals surface area contributed by atoms with Crippen LogP contribution in [0.1, 0.15) is 87.4 Å². The number of aliphatic hydroxyl groups is 1. The minimum Gasteiger partial charge on any atom is -0.493 e. The molecule has 1 saturated heterocycles. The van der Waals surface area contributed by atoms with Gasteiger partial charge in [0.25, 0.3) is 5.91 Å². The number of carbonyl (C=O) groups excluding carboxylic acids is 4. The Labute approximate surface area is 303 Å². The van der Waals surface area contributed by atoms with Gasteiger partial charge in [0.05, 0.1) is 47.6 Å². The first-order valence-electron chi connectivity index (χ1n) is 17.9. The minimum atomic E-state index is -0.294. The topological polar surface area (TPSA) is 161 Å². The molecule has 4 heterocycles. The van der Waals surface area contributed by atoms with Gasteiger partial charge in [-0.1, -0.05) is 24.3 Å². The number of hydrogen-bond donors (Lipinski definition) is 3. The van der Waals surface area contributed by atoms with Gasteiger partial charge in [0.1, 0.15) is 5.75 Å². The summed E-state index contributed by atoms with van der Waals surface area (Å²) in [4.78, 5) is 58.2. The third kappa shape index (κ3) is 8.24. The zero-order valence-corrected chi connectivity index (χ0v) is 29.8. The molecule has 0 bridgehead atoms. The molecule has 0 saturated carbocycles. The van der Waals surface area contributed by atoms with Crippen LogP contribution in [-0.4, -0.2) is 74.5 Å². The lowest BCUT2D eigenvalue weighted by Crippen LogP contribution is -2.43. The van der Waals surface area contributed by atoms with Crippen LogP contribution in [0.25, 0.3) is 11.1 Å². The van der Waals surface area contributed by atoms with Gasteiger partial charge in [-0.05, 0) is 68.0 Å². The normalized spacial score (nSPS) is 15.2. The van der Waals surface area contributed by atoms with Crippen LogP contribution in [0.2, 0.25) is 0 Å². The van der Waals surface area contributed by atoms with Crippen molar-refractivity contribution in [1.29, 1.82) is 0 Å². The van der Waals surface area contributed by atoms with E-state index in [1.165, 1.54) is 0 Å². The van der Waals surface area contributed by atoms with E-state index in [1.807, 2.05) is 59.3 Å². The Bertz CT molecular complexity index is 1990. The van der Waals surface area contributed by atoms with E-state index in [0.717, 1.165) is 36.0 Å². The summed E-state index contributed by atoms with van der Waals surface area (Å²) >= 11 is 0. The average molecular weight is 707 g/mol. The first-order chi connectivity index (χ1) is 25.1. The molecule has 1 fully saturated rings. The molecule has 0 aliphatic carbocycles. The number of benzene rings is 2. The van der Waals surface area contributed by atoms with Crippen LogP contribution in [-0.2, 0) is 31.9 Å². The monoisotopic (exact) mass is 706 g/mol. The number of nitrogens with zero attached hydrogens (tertiary/aromatic N) is 4. The molecule has 2 aliphatic heterocycles. The number of rotatable bonds is 15. The number of fused-ring (bicyclic) bond motifs is 2. The van der Waals surface area contributed by atoms with Crippen LogP contribution in [0, 0.1) is 0 Å². The smallest absolute Gasteiger partial charge is 0.256 e. The van der Waals surface area contributed by atoms with Crippen LogP contribution in [0.15, 0.2) is 65.9 Å². The standard InChI is InChI=1S/C40H46N6O6/c1-44-23-28(19-34(44)36(48)8-5-14-41)27-12-10-26(11-13-27)17-37(49)35-20-30(24-45(35)2)43-39(50)9-6-16-52-38-21-33-32(18-29(38)25-47)40(51)46-15-4-3-7-31(46)22-42-33/h10-13,18-24,31,47H,3-9,14-17,25,41H2,1-2H3,(H,43,50)/t31-/m0/s1. The summed E-state index contributed by atoms with van der Waals surface area (Å²) in [7, 11) is 3.62. The van der Waals surface area contributed by atoms with Crippen molar-refractivity contribution in [3.05, 3.63) is 89.0 Å². The summed E-state index contributed by atoms with van der Waals surface area (Å²) in [6.45, 7) is 1.10. The summed E-state index contributed by atoms with van der Waals surface area (Å²) in [5.74, 6) is 0.118. The van der Waals surface area contributed by atoms with Gasteiger partial charge in [0.15, 0.2) is 11.6 Å². The van der Waals surface area contributed by atoms with E-state index >= 15 is 0 Å². The highest BCUT2D eigenvalue weighted by Gasteiger charge is 2.31. The summed E-state index contributed by atoms with van der Waals surface area (Å²) in [6, 6.07) is 14.6. The number of aliphatic imine (C=N–C) groups is 1. The first-order valence-corrected chi connectivity index (χ1v) is 17.9. The Morgan fingerprint density at radius 1 is 0.942 bits per heavy atom. The zero-order valence-electron chi connectivity index (χ0n) is 29.8. The van der Waals surface area contributed by atoms with Crippen LogP contribution >= 0.6 is 0 Å². The molecule has 12 nitrogen and oxygen atoms in total. The van der Waals surface area contributed by atoms with Gasteiger partial charge in [-0.25, -0.2) is 0 Å². The van der Waals surface area contributed by atoms with Crippen molar-refractivity contribution in [3.63, 3.8) is 0 Å². The highest BCUT2D eigenvalue weighted by molar-refractivity contribution is 6.03. The van der Waals surface area contributed by atoms with Crippen molar-refractivity contribution in [2.24, 2.45) is 24.8 Å². The second kappa shape index (κ2) is 16.3. The van der Waals surface area contributed by atoms with Crippen LogP contribution in [0.5, 0.6) is 5.75 Å². The Hall–Kier alpha value is -5.33. The van der Waals surface area contributed by atoms with Crippen molar-refractivity contribution in [2.45, 2.75) is 64.0 Å². The average Bonchev–Trinajstić information content (AvgIpc) is 3.68. The number of ether oxygens (including phenoxy) is 1. The van der Waals surface area contributed by atoms with E-state index in [4.69, 9.17) is 10.5 Å². The number of aliphatic hydroxyl groups excluding tert-OH is 1. The second-order valence-electron chi connectivity index (χ2n) is 13.5. The van der Waals surface area contributed by atoms with Crippen LogP contribution in [0.4, 0.5) is 11.4 Å².